The number of phenols is 1. The van der Waals surface area contributed by atoms with E-state index in [1.165, 1.54) is 0 Å². The fourth-order valence-electron chi connectivity index (χ4n) is 0.730. The van der Waals surface area contributed by atoms with Crippen molar-refractivity contribution < 1.29 is 5.11 Å². The Labute approximate surface area is 104 Å². The zero-order valence-corrected chi connectivity index (χ0v) is 12.3. The largest absolute Gasteiger partial charge is 0.506 e. The van der Waals surface area contributed by atoms with Crippen LogP contribution in [-0.4, -0.2) is 5.11 Å². The van der Waals surface area contributed by atoms with Gasteiger partial charge in [0, 0.05) is 14.5 Å². The monoisotopic (exact) mass is 420 g/mol. The molecule has 0 aliphatic rings. The fraction of sp³-hybridized carbons (Fsp3) is 0.143. The summed E-state index contributed by atoms with van der Waals surface area (Å²) in [4.78, 5) is 0. The fourth-order valence-corrected chi connectivity index (χ4v) is 3.03. The molecule has 1 rings (SSSR count). The molecule has 1 N–H and O–H groups in total. The standard InChI is InChI=1S/C7H4Br4O/c1-2-3(8)4(9)5(10)6(11)7(2)12/h12H,1H3. The summed E-state index contributed by atoms with van der Waals surface area (Å²) in [6, 6.07) is 0. The molecule has 0 heterocycles. The highest BCUT2D eigenvalue weighted by molar-refractivity contribution is 9.15. The van der Waals surface area contributed by atoms with Crippen LogP contribution in [0.1, 0.15) is 5.56 Å². The van der Waals surface area contributed by atoms with Crippen molar-refractivity contribution in [3.8, 4) is 5.75 Å². The van der Waals surface area contributed by atoms with Gasteiger partial charge in [-0.3, -0.25) is 0 Å². The van der Waals surface area contributed by atoms with E-state index >= 15 is 0 Å². The van der Waals surface area contributed by atoms with E-state index in [0.29, 0.717) is 4.47 Å². The van der Waals surface area contributed by atoms with Crippen molar-refractivity contribution in [3.05, 3.63) is 23.5 Å². The number of halogens is 4. The molecule has 0 aromatic heterocycles. The van der Waals surface area contributed by atoms with Gasteiger partial charge in [0.15, 0.2) is 0 Å². The van der Waals surface area contributed by atoms with Crippen LogP contribution in [0.5, 0.6) is 5.75 Å². The van der Waals surface area contributed by atoms with Crippen molar-refractivity contribution in [3.63, 3.8) is 0 Å². The highest BCUT2D eigenvalue weighted by Crippen LogP contribution is 2.44. The van der Waals surface area contributed by atoms with Crippen LogP contribution in [0.15, 0.2) is 17.9 Å². The number of hydrogen-bond acceptors (Lipinski definition) is 1. The van der Waals surface area contributed by atoms with Crippen molar-refractivity contribution in [1.82, 2.24) is 0 Å². The molecular weight excluding hydrogens is 420 g/mol. The molecule has 12 heavy (non-hydrogen) atoms. The van der Waals surface area contributed by atoms with Gasteiger partial charge < -0.3 is 5.11 Å². The highest BCUT2D eigenvalue weighted by atomic mass is 79.9. The van der Waals surface area contributed by atoms with Crippen molar-refractivity contribution in [2.75, 3.05) is 0 Å². The summed E-state index contributed by atoms with van der Waals surface area (Å²) in [6.45, 7) is 1.83. The Morgan fingerprint density at radius 3 is 1.75 bits per heavy atom. The molecule has 0 amide bonds. The lowest BCUT2D eigenvalue weighted by Crippen LogP contribution is -1.83. The minimum atomic E-state index is 0.247. The third-order valence-corrected chi connectivity index (χ3v) is 6.42. The molecule has 0 saturated carbocycles. The maximum Gasteiger partial charge on any atom is 0.135 e. The Morgan fingerprint density at radius 2 is 1.25 bits per heavy atom. The third kappa shape index (κ3) is 1.74. The molecule has 0 aliphatic heterocycles. The van der Waals surface area contributed by atoms with E-state index in [-0.39, 0.29) is 5.75 Å². The summed E-state index contributed by atoms with van der Waals surface area (Å²) in [5.41, 5.74) is 0.803. The molecular formula is C7H4Br4O. The molecule has 0 radical (unpaired) electrons. The van der Waals surface area contributed by atoms with E-state index < -0.39 is 0 Å². The van der Waals surface area contributed by atoms with Gasteiger partial charge in [0.25, 0.3) is 0 Å². The van der Waals surface area contributed by atoms with E-state index in [4.69, 9.17) is 0 Å². The first-order valence-electron chi connectivity index (χ1n) is 2.98. The van der Waals surface area contributed by atoms with E-state index in [1.807, 2.05) is 6.92 Å². The second kappa shape index (κ2) is 3.98. The highest BCUT2D eigenvalue weighted by Gasteiger charge is 2.14. The van der Waals surface area contributed by atoms with Crippen LogP contribution in [0.4, 0.5) is 0 Å². The van der Waals surface area contributed by atoms with Gasteiger partial charge in [-0.05, 0) is 70.6 Å². The average molecular weight is 424 g/mol. The summed E-state index contributed by atoms with van der Waals surface area (Å²) >= 11 is 13.3. The summed E-state index contributed by atoms with van der Waals surface area (Å²) in [6.07, 6.45) is 0. The second-order valence-corrected chi connectivity index (χ2v) is 5.40. The zero-order chi connectivity index (χ0) is 9.46. The Bertz CT molecular complexity index is 230. The van der Waals surface area contributed by atoms with E-state index in [0.717, 1.165) is 19.0 Å². The molecule has 1 aromatic carbocycles. The summed E-state index contributed by atoms with van der Waals surface area (Å²) in [5, 5.41) is 9.56. The first kappa shape index (κ1) is 11.0. The van der Waals surface area contributed by atoms with E-state index in [2.05, 4.69) is 63.7 Å². The topological polar surface area (TPSA) is 20.2 Å². The van der Waals surface area contributed by atoms with Crippen molar-refractivity contribution in [2.45, 2.75) is 6.92 Å². The second-order valence-electron chi connectivity index (χ2n) is 2.23. The van der Waals surface area contributed by atoms with Crippen LogP contribution in [0.3, 0.4) is 0 Å². The van der Waals surface area contributed by atoms with Gasteiger partial charge in [0.2, 0.25) is 0 Å². The van der Waals surface area contributed by atoms with Gasteiger partial charge in [0.1, 0.15) is 5.75 Å². The van der Waals surface area contributed by atoms with Crippen molar-refractivity contribution >= 4 is 63.7 Å². The lowest BCUT2D eigenvalue weighted by molar-refractivity contribution is 0.466. The Balaban J connectivity index is 3.60. The lowest BCUT2D eigenvalue weighted by atomic mass is 10.2. The maximum atomic E-state index is 9.56. The average Bonchev–Trinajstić information content (AvgIpc) is 2.08. The molecule has 66 valence electrons. The molecule has 0 atom stereocenters. The Kier molecular flexibility index (Phi) is 3.66. The quantitative estimate of drug-likeness (QED) is 0.471. The molecule has 1 aromatic rings. The molecule has 0 saturated heterocycles. The summed E-state index contributed by atoms with van der Waals surface area (Å²) in [5.74, 6) is 0.247. The van der Waals surface area contributed by atoms with Crippen molar-refractivity contribution in [2.24, 2.45) is 0 Å². The number of rotatable bonds is 0. The van der Waals surface area contributed by atoms with Crippen LogP contribution in [0.25, 0.3) is 0 Å². The predicted molar refractivity (Wildman–Crippen MR) is 63.6 cm³/mol. The minimum absolute atomic E-state index is 0.247. The number of phenolic OH excluding ortho intramolecular Hbond substituents is 1. The predicted octanol–water partition coefficient (Wildman–Crippen LogP) is 4.75. The molecule has 1 nitrogen and oxygen atoms in total. The Hall–Kier alpha value is 0.940. The van der Waals surface area contributed by atoms with Gasteiger partial charge in [-0.2, -0.15) is 0 Å². The van der Waals surface area contributed by atoms with Crippen LogP contribution in [0, 0.1) is 6.92 Å². The zero-order valence-electron chi connectivity index (χ0n) is 5.96. The molecule has 0 fully saturated rings. The molecule has 5 heteroatoms. The van der Waals surface area contributed by atoms with Crippen LogP contribution in [0.2, 0.25) is 0 Å². The first-order chi connectivity index (χ1) is 5.46. The number of hydrogen-bond donors (Lipinski definition) is 1. The van der Waals surface area contributed by atoms with E-state index in [9.17, 15) is 5.11 Å². The summed E-state index contributed by atoms with van der Waals surface area (Å²) < 4.78 is 3.22. The lowest BCUT2D eigenvalue weighted by Gasteiger charge is -2.09. The van der Waals surface area contributed by atoms with Gasteiger partial charge in [-0.25, -0.2) is 0 Å². The normalized spacial score (nSPS) is 10.4. The number of benzene rings is 1. The molecule has 0 aliphatic carbocycles. The number of aromatic hydroxyl groups is 1. The molecule has 0 bridgehead atoms. The minimum Gasteiger partial charge on any atom is -0.506 e. The SMILES string of the molecule is Cc1c(O)c(Br)c(Br)c(Br)c1Br. The molecule has 0 spiro atoms. The van der Waals surface area contributed by atoms with Gasteiger partial charge in [-0.15, -0.1) is 0 Å². The first-order valence-corrected chi connectivity index (χ1v) is 6.15. The van der Waals surface area contributed by atoms with Gasteiger partial charge in [0.05, 0.1) is 8.95 Å². The molecule has 0 unspecified atom stereocenters. The smallest absolute Gasteiger partial charge is 0.135 e. The summed E-state index contributed by atoms with van der Waals surface area (Å²) in [7, 11) is 0. The Morgan fingerprint density at radius 1 is 0.833 bits per heavy atom. The van der Waals surface area contributed by atoms with Gasteiger partial charge in [-0.1, -0.05) is 0 Å². The van der Waals surface area contributed by atoms with Gasteiger partial charge >= 0.3 is 0 Å². The van der Waals surface area contributed by atoms with Crippen molar-refractivity contribution in [1.29, 1.82) is 0 Å². The van der Waals surface area contributed by atoms with Crippen LogP contribution < -0.4 is 0 Å². The van der Waals surface area contributed by atoms with Crippen LogP contribution in [-0.2, 0) is 0 Å². The van der Waals surface area contributed by atoms with Crippen LogP contribution >= 0.6 is 63.7 Å². The maximum absolute atomic E-state index is 9.56. The van der Waals surface area contributed by atoms with E-state index in [1.54, 1.807) is 0 Å². The third-order valence-electron chi connectivity index (χ3n) is 1.47.